The van der Waals surface area contributed by atoms with Crippen molar-refractivity contribution in [3.63, 3.8) is 0 Å². The topological polar surface area (TPSA) is 75.4 Å². The number of nitrogens with one attached hydrogen (secondary N) is 1. The van der Waals surface area contributed by atoms with Gasteiger partial charge in [0.15, 0.2) is 11.5 Å². The molecule has 0 spiro atoms. The fourth-order valence-corrected chi connectivity index (χ4v) is 1.99. The number of aliphatic carboxylic acids is 1. The van der Waals surface area contributed by atoms with Gasteiger partial charge in [0.1, 0.15) is 5.52 Å². The predicted octanol–water partition coefficient (Wildman–Crippen LogP) is 1.91. The van der Waals surface area contributed by atoms with Crippen LogP contribution in [0.4, 0.5) is 0 Å². The summed E-state index contributed by atoms with van der Waals surface area (Å²) in [6, 6.07) is 5.37. The zero-order valence-electron chi connectivity index (χ0n) is 10.4. The van der Waals surface area contributed by atoms with Gasteiger partial charge in [-0.2, -0.15) is 0 Å². The minimum absolute atomic E-state index is 0.521. The largest absolute Gasteiger partial charge is 0.481 e. The van der Waals surface area contributed by atoms with Crippen molar-refractivity contribution in [3.05, 3.63) is 29.7 Å². The molecule has 1 unspecified atom stereocenters. The fraction of sp³-hybridized carbons (Fsp3) is 0.385. The number of nitrogens with zero attached hydrogens (tertiary/aromatic N) is 1. The number of fused-ring (bicyclic) bond motifs is 1. The maximum atomic E-state index is 11.3. The van der Waals surface area contributed by atoms with Crippen LogP contribution < -0.4 is 5.32 Å². The predicted molar refractivity (Wildman–Crippen MR) is 67.7 cm³/mol. The normalized spacial score (nSPS) is 12.8. The highest BCUT2D eigenvalue weighted by molar-refractivity contribution is 5.80. The smallest absolute Gasteiger partial charge is 0.311 e. The number of aromatic nitrogens is 1. The van der Waals surface area contributed by atoms with Gasteiger partial charge < -0.3 is 14.8 Å². The summed E-state index contributed by atoms with van der Waals surface area (Å²) >= 11 is 0. The van der Waals surface area contributed by atoms with Crippen LogP contribution in [0.5, 0.6) is 0 Å². The molecule has 5 nitrogen and oxygen atoms in total. The Morgan fingerprint density at radius 3 is 3.00 bits per heavy atom. The lowest BCUT2D eigenvalue weighted by molar-refractivity contribution is -0.138. The van der Waals surface area contributed by atoms with Crippen LogP contribution in [0.2, 0.25) is 0 Å². The molecule has 0 aliphatic rings. The third-order valence-electron chi connectivity index (χ3n) is 2.90. The number of carboxylic acid groups (broad SMARTS) is 1. The average Bonchev–Trinajstić information content (AvgIpc) is 2.68. The van der Waals surface area contributed by atoms with Crippen molar-refractivity contribution in [1.82, 2.24) is 10.3 Å². The van der Waals surface area contributed by atoms with Gasteiger partial charge in [-0.1, -0.05) is 6.07 Å². The lowest BCUT2D eigenvalue weighted by atomic mass is 9.95. The molecule has 96 valence electrons. The maximum Gasteiger partial charge on any atom is 0.311 e. The van der Waals surface area contributed by atoms with Gasteiger partial charge in [0.25, 0.3) is 0 Å². The molecule has 0 amide bonds. The Morgan fingerprint density at radius 2 is 2.33 bits per heavy atom. The lowest BCUT2D eigenvalue weighted by Gasteiger charge is -2.12. The van der Waals surface area contributed by atoms with Crippen molar-refractivity contribution in [1.29, 1.82) is 0 Å². The van der Waals surface area contributed by atoms with Gasteiger partial charge in [0, 0.05) is 6.92 Å². The van der Waals surface area contributed by atoms with E-state index in [9.17, 15) is 9.90 Å². The summed E-state index contributed by atoms with van der Waals surface area (Å²) in [6.07, 6.45) is 0.546. The van der Waals surface area contributed by atoms with Crippen LogP contribution in [-0.4, -0.2) is 29.7 Å². The summed E-state index contributed by atoms with van der Waals surface area (Å²) in [5.41, 5.74) is 2.15. The van der Waals surface area contributed by atoms with E-state index in [4.69, 9.17) is 4.42 Å². The van der Waals surface area contributed by atoms with Crippen LogP contribution in [0.1, 0.15) is 23.8 Å². The molecule has 0 aliphatic heterocycles. The molecule has 0 bridgehead atoms. The van der Waals surface area contributed by atoms with E-state index in [-0.39, 0.29) is 0 Å². The number of hydrogen-bond donors (Lipinski definition) is 2. The van der Waals surface area contributed by atoms with Crippen LogP contribution in [0.15, 0.2) is 22.6 Å². The molecule has 2 rings (SSSR count). The van der Waals surface area contributed by atoms with Crippen LogP contribution in [0.25, 0.3) is 11.1 Å². The van der Waals surface area contributed by atoms with Crippen molar-refractivity contribution < 1.29 is 14.3 Å². The summed E-state index contributed by atoms with van der Waals surface area (Å²) in [6.45, 7) is 2.43. The van der Waals surface area contributed by atoms with E-state index in [0.717, 1.165) is 11.1 Å². The molecule has 0 radical (unpaired) electrons. The van der Waals surface area contributed by atoms with Crippen molar-refractivity contribution in [3.8, 4) is 0 Å². The first-order valence-corrected chi connectivity index (χ1v) is 5.86. The quantitative estimate of drug-likeness (QED) is 0.845. The molecule has 1 atom stereocenters. The second-order valence-corrected chi connectivity index (χ2v) is 4.24. The second-order valence-electron chi connectivity index (χ2n) is 4.24. The zero-order chi connectivity index (χ0) is 13.1. The van der Waals surface area contributed by atoms with E-state index < -0.39 is 11.9 Å². The minimum Gasteiger partial charge on any atom is -0.481 e. The van der Waals surface area contributed by atoms with Gasteiger partial charge in [0.05, 0.1) is 5.92 Å². The van der Waals surface area contributed by atoms with Crippen molar-refractivity contribution >= 4 is 17.1 Å². The Bertz CT molecular complexity index is 562. The van der Waals surface area contributed by atoms with Crippen LogP contribution in [0, 0.1) is 6.92 Å². The molecule has 18 heavy (non-hydrogen) atoms. The zero-order valence-corrected chi connectivity index (χ0v) is 10.4. The molecule has 1 aromatic carbocycles. The Kier molecular flexibility index (Phi) is 3.62. The summed E-state index contributed by atoms with van der Waals surface area (Å²) in [5, 5.41) is 12.2. The molecule has 1 aromatic heterocycles. The number of oxazole rings is 1. The molecule has 0 aliphatic carbocycles. The first-order valence-electron chi connectivity index (χ1n) is 5.86. The Balaban J connectivity index is 2.34. The molecular formula is C13H16N2O3. The molecule has 2 aromatic rings. The van der Waals surface area contributed by atoms with Gasteiger partial charge in [0.2, 0.25) is 0 Å². The lowest BCUT2D eigenvalue weighted by Crippen LogP contribution is -2.18. The Labute approximate surface area is 105 Å². The van der Waals surface area contributed by atoms with E-state index in [1.165, 1.54) is 0 Å². The number of aryl methyl sites for hydroxylation is 1. The van der Waals surface area contributed by atoms with Gasteiger partial charge in [-0.05, 0) is 37.7 Å². The molecular weight excluding hydrogens is 232 g/mol. The summed E-state index contributed by atoms with van der Waals surface area (Å²) in [7, 11) is 1.81. The highest BCUT2D eigenvalue weighted by Gasteiger charge is 2.20. The second kappa shape index (κ2) is 5.18. The molecule has 1 heterocycles. The molecule has 0 fully saturated rings. The molecule has 0 saturated carbocycles. The molecule has 0 saturated heterocycles. The van der Waals surface area contributed by atoms with E-state index in [1.807, 2.05) is 7.05 Å². The highest BCUT2D eigenvalue weighted by Crippen LogP contribution is 2.24. The van der Waals surface area contributed by atoms with E-state index >= 15 is 0 Å². The Morgan fingerprint density at radius 1 is 1.56 bits per heavy atom. The number of carboxylic acids is 1. The van der Waals surface area contributed by atoms with Crippen molar-refractivity contribution in [2.24, 2.45) is 0 Å². The molecule has 2 N–H and O–H groups in total. The van der Waals surface area contributed by atoms with Gasteiger partial charge in [-0.3, -0.25) is 4.79 Å². The van der Waals surface area contributed by atoms with Crippen LogP contribution >= 0.6 is 0 Å². The molecule has 5 heteroatoms. The SMILES string of the molecule is CNCCC(C(=O)O)c1ccc2nc(C)oc2c1. The van der Waals surface area contributed by atoms with Gasteiger partial charge in [-0.15, -0.1) is 0 Å². The van der Waals surface area contributed by atoms with E-state index in [1.54, 1.807) is 25.1 Å². The van der Waals surface area contributed by atoms with Crippen molar-refractivity contribution in [2.45, 2.75) is 19.3 Å². The number of rotatable bonds is 5. The third-order valence-corrected chi connectivity index (χ3v) is 2.90. The maximum absolute atomic E-state index is 11.3. The third kappa shape index (κ3) is 2.51. The number of carbonyl (C=O) groups is 1. The number of benzene rings is 1. The number of hydrogen-bond acceptors (Lipinski definition) is 4. The van der Waals surface area contributed by atoms with Crippen LogP contribution in [-0.2, 0) is 4.79 Å². The van der Waals surface area contributed by atoms with Gasteiger partial charge >= 0.3 is 5.97 Å². The first-order chi connectivity index (χ1) is 8.61. The van der Waals surface area contributed by atoms with Gasteiger partial charge in [-0.25, -0.2) is 4.98 Å². The standard InChI is InChI=1S/C13H16N2O3/c1-8-15-11-4-3-9(7-12(11)18-8)10(13(16)17)5-6-14-2/h3-4,7,10,14H,5-6H2,1-2H3,(H,16,17). The summed E-state index contributed by atoms with van der Waals surface area (Å²) in [5.74, 6) is -0.752. The van der Waals surface area contributed by atoms with Crippen LogP contribution in [0.3, 0.4) is 0 Å². The minimum atomic E-state index is -0.819. The average molecular weight is 248 g/mol. The van der Waals surface area contributed by atoms with E-state index in [2.05, 4.69) is 10.3 Å². The first kappa shape index (κ1) is 12.6. The summed E-state index contributed by atoms with van der Waals surface area (Å²) in [4.78, 5) is 15.5. The summed E-state index contributed by atoms with van der Waals surface area (Å²) < 4.78 is 5.42. The van der Waals surface area contributed by atoms with Crippen molar-refractivity contribution in [2.75, 3.05) is 13.6 Å². The monoisotopic (exact) mass is 248 g/mol. The fourth-order valence-electron chi connectivity index (χ4n) is 1.99. The van der Waals surface area contributed by atoms with E-state index in [0.29, 0.717) is 24.4 Å². The Hall–Kier alpha value is -1.88. The highest BCUT2D eigenvalue weighted by atomic mass is 16.4.